The van der Waals surface area contributed by atoms with E-state index in [1.54, 1.807) is 0 Å². The molecule has 0 aliphatic heterocycles. The molecule has 3 unspecified atom stereocenters. The predicted octanol–water partition coefficient (Wildman–Crippen LogP) is 6.76. The van der Waals surface area contributed by atoms with E-state index in [0.717, 1.165) is 31.6 Å². The normalized spacial score (nSPS) is 20.6. The number of unbranched alkanes of at least 4 members (excludes halogenated alkanes) is 7. The summed E-state index contributed by atoms with van der Waals surface area (Å²) in [7, 11) is 0. The molecule has 1 aliphatic rings. The third kappa shape index (κ3) is 10.5. The zero-order valence-electron chi connectivity index (χ0n) is 18.4. The van der Waals surface area contributed by atoms with Gasteiger partial charge in [-0.1, -0.05) is 97.3 Å². The van der Waals surface area contributed by atoms with Crippen LogP contribution in [0.4, 0.5) is 0 Å². The number of carbonyl (C=O) groups is 2. The molecule has 0 saturated heterocycles. The highest BCUT2D eigenvalue weighted by molar-refractivity contribution is 5.81. The average molecular weight is 397 g/mol. The minimum absolute atomic E-state index is 0.291. The van der Waals surface area contributed by atoms with Crippen molar-refractivity contribution < 1.29 is 19.4 Å². The maximum Gasteiger partial charge on any atom is 0.309 e. The third-order valence-corrected chi connectivity index (χ3v) is 6.43. The summed E-state index contributed by atoms with van der Waals surface area (Å²) in [6.07, 6.45) is 18.4. The van der Waals surface area contributed by atoms with Gasteiger partial charge in [-0.3, -0.25) is 9.59 Å². The third-order valence-electron chi connectivity index (χ3n) is 6.43. The molecule has 0 aromatic heterocycles. The summed E-state index contributed by atoms with van der Waals surface area (Å²) >= 11 is 0. The topological polar surface area (TPSA) is 63.6 Å². The van der Waals surface area contributed by atoms with Crippen molar-refractivity contribution in [2.45, 2.75) is 117 Å². The number of aliphatic carboxylic acids is 1. The van der Waals surface area contributed by atoms with E-state index in [9.17, 15) is 14.7 Å². The quantitative estimate of drug-likeness (QED) is 0.231. The summed E-state index contributed by atoms with van der Waals surface area (Å²) in [5, 5.41) is 9.26. The first-order chi connectivity index (χ1) is 13.6. The lowest BCUT2D eigenvalue weighted by Crippen LogP contribution is -2.33. The average Bonchev–Trinajstić information content (AvgIpc) is 2.71. The summed E-state index contributed by atoms with van der Waals surface area (Å²) in [6, 6.07) is 0. The number of carbonyl (C=O) groups excluding carboxylic acids is 1. The van der Waals surface area contributed by atoms with Crippen LogP contribution in [0.3, 0.4) is 0 Å². The molecule has 28 heavy (non-hydrogen) atoms. The highest BCUT2D eigenvalue weighted by Gasteiger charge is 2.36. The second-order valence-corrected chi connectivity index (χ2v) is 8.68. The van der Waals surface area contributed by atoms with E-state index in [-0.39, 0.29) is 5.97 Å². The molecular formula is C24H44O4. The molecule has 3 atom stereocenters. The van der Waals surface area contributed by atoms with Crippen LogP contribution >= 0.6 is 0 Å². The van der Waals surface area contributed by atoms with E-state index in [4.69, 9.17) is 4.74 Å². The Morgan fingerprint density at radius 1 is 0.857 bits per heavy atom. The number of carboxylic acids is 1. The Morgan fingerprint density at radius 2 is 1.43 bits per heavy atom. The smallest absolute Gasteiger partial charge is 0.309 e. The number of carboxylic acid groups (broad SMARTS) is 1. The lowest BCUT2D eigenvalue weighted by molar-refractivity contribution is -0.159. The zero-order valence-corrected chi connectivity index (χ0v) is 18.4. The lowest BCUT2D eigenvalue weighted by atomic mass is 9.79. The van der Waals surface area contributed by atoms with Gasteiger partial charge in [-0.25, -0.2) is 0 Å². The van der Waals surface area contributed by atoms with E-state index in [0.29, 0.717) is 19.4 Å². The summed E-state index contributed by atoms with van der Waals surface area (Å²) in [5.74, 6) is -1.19. The van der Waals surface area contributed by atoms with Gasteiger partial charge in [-0.05, 0) is 25.2 Å². The molecule has 0 heterocycles. The standard InChI is InChI=1S/C24H44O4/c1-3-5-15-20(4-2)16-11-9-7-6-8-10-14-19-28-24(27)22-18-13-12-17-21(22)23(25)26/h20-22H,3-19H2,1-2H3,(H,25,26). The van der Waals surface area contributed by atoms with Gasteiger partial charge in [-0.2, -0.15) is 0 Å². The van der Waals surface area contributed by atoms with Gasteiger partial charge in [0, 0.05) is 0 Å². The van der Waals surface area contributed by atoms with E-state index >= 15 is 0 Å². The van der Waals surface area contributed by atoms with Crippen LogP contribution in [0.5, 0.6) is 0 Å². The first-order valence-electron chi connectivity index (χ1n) is 12.0. The van der Waals surface area contributed by atoms with Crippen LogP contribution in [0.1, 0.15) is 117 Å². The van der Waals surface area contributed by atoms with Crippen LogP contribution in [0, 0.1) is 17.8 Å². The first kappa shape index (κ1) is 25.0. The second kappa shape index (κ2) is 15.8. The monoisotopic (exact) mass is 396 g/mol. The Balaban J connectivity index is 1.98. The Kier molecular flexibility index (Phi) is 14.1. The molecular weight excluding hydrogens is 352 g/mol. The molecule has 4 heteroatoms. The minimum Gasteiger partial charge on any atom is -0.481 e. The second-order valence-electron chi connectivity index (χ2n) is 8.68. The Labute approximate surface area is 172 Å². The molecule has 0 bridgehead atoms. The fourth-order valence-electron chi connectivity index (χ4n) is 4.45. The summed E-state index contributed by atoms with van der Waals surface area (Å²) in [5.41, 5.74) is 0. The van der Waals surface area contributed by atoms with Gasteiger partial charge in [0.25, 0.3) is 0 Å². The van der Waals surface area contributed by atoms with Gasteiger partial charge in [0.05, 0.1) is 18.4 Å². The van der Waals surface area contributed by atoms with Crippen molar-refractivity contribution >= 4 is 11.9 Å². The summed E-state index contributed by atoms with van der Waals surface area (Å²) in [4.78, 5) is 23.5. The van der Waals surface area contributed by atoms with Crippen LogP contribution < -0.4 is 0 Å². The molecule has 0 aromatic rings. The van der Waals surface area contributed by atoms with Crippen molar-refractivity contribution in [3.63, 3.8) is 0 Å². The highest BCUT2D eigenvalue weighted by atomic mass is 16.5. The van der Waals surface area contributed by atoms with Crippen LogP contribution in [0.2, 0.25) is 0 Å². The molecule has 0 spiro atoms. The van der Waals surface area contributed by atoms with Crippen LogP contribution in [0.25, 0.3) is 0 Å². The maximum absolute atomic E-state index is 12.2. The molecule has 0 radical (unpaired) electrons. The van der Waals surface area contributed by atoms with Gasteiger partial charge in [0.15, 0.2) is 0 Å². The molecule has 1 N–H and O–H groups in total. The van der Waals surface area contributed by atoms with Crippen LogP contribution in [-0.2, 0) is 14.3 Å². The van der Waals surface area contributed by atoms with Crippen molar-refractivity contribution in [1.82, 2.24) is 0 Å². The summed E-state index contributed by atoms with van der Waals surface area (Å²) < 4.78 is 5.38. The molecule has 164 valence electrons. The number of hydrogen-bond acceptors (Lipinski definition) is 3. The van der Waals surface area contributed by atoms with Crippen molar-refractivity contribution in [3.8, 4) is 0 Å². The van der Waals surface area contributed by atoms with E-state index in [1.807, 2.05) is 0 Å². The van der Waals surface area contributed by atoms with Gasteiger partial charge >= 0.3 is 11.9 Å². The van der Waals surface area contributed by atoms with Crippen molar-refractivity contribution in [1.29, 1.82) is 0 Å². The predicted molar refractivity (Wildman–Crippen MR) is 114 cm³/mol. The number of rotatable bonds is 16. The SMILES string of the molecule is CCCCC(CC)CCCCCCCCCOC(=O)C1CCCCC1C(=O)O. The van der Waals surface area contributed by atoms with Crippen molar-refractivity contribution in [3.05, 3.63) is 0 Å². The molecule has 1 rings (SSSR count). The lowest BCUT2D eigenvalue weighted by Gasteiger charge is -2.26. The first-order valence-corrected chi connectivity index (χ1v) is 12.0. The molecule has 0 amide bonds. The number of esters is 1. The molecule has 0 aromatic carbocycles. The van der Waals surface area contributed by atoms with Crippen molar-refractivity contribution in [2.75, 3.05) is 6.61 Å². The van der Waals surface area contributed by atoms with E-state index < -0.39 is 17.8 Å². The number of ether oxygens (including phenoxy) is 1. The highest BCUT2D eigenvalue weighted by Crippen LogP contribution is 2.31. The zero-order chi connectivity index (χ0) is 20.6. The maximum atomic E-state index is 12.2. The molecule has 1 fully saturated rings. The summed E-state index contributed by atoms with van der Waals surface area (Å²) in [6.45, 7) is 5.04. The Bertz CT molecular complexity index is 421. The molecule has 4 nitrogen and oxygen atoms in total. The Hall–Kier alpha value is -1.06. The van der Waals surface area contributed by atoms with Gasteiger partial charge in [0.1, 0.15) is 0 Å². The largest absolute Gasteiger partial charge is 0.481 e. The van der Waals surface area contributed by atoms with Gasteiger partial charge < -0.3 is 9.84 Å². The van der Waals surface area contributed by atoms with Gasteiger partial charge in [-0.15, -0.1) is 0 Å². The van der Waals surface area contributed by atoms with Crippen LogP contribution in [-0.4, -0.2) is 23.7 Å². The van der Waals surface area contributed by atoms with Crippen LogP contribution in [0.15, 0.2) is 0 Å². The Morgan fingerprint density at radius 3 is 2.04 bits per heavy atom. The fraction of sp³-hybridized carbons (Fsp3) is 0.917. The molecule has 1 aliphatic carbocycles. The molecule has 1 saturated carbocycles. The fourth-order valence-corrected chi connectivity index (χ4v) is 4.45. The minimum atomic E-state index is -0.850. The van der Waals surface area contributed by atoms with Gasteiger partial charge in [0.2, 0.25) is 0 Å². The number of hydrogen-bond donors (Lipinski definition) is 1. The van der Waals surface area contributed by atoms with Crippen molar-refractivity contribution in [2.24, 2.45) is 17.8 Å². The van der Waals surface area contributed by atoms with E-state index in [2.05, 4.69) is 13.8 Å². The van der Waals surface area contributed by atoms with E-state index in [1.165, 1.54) is 64.2 Å².